The van der Waals surface area contributed by atoms with Crippen LogP contribution >= 0.6 is 39.1 Å². The van der Waals surface area contributed by atoms with E-state index in [1.807, 2.05) is 4.57 Å². The molecule has 0 aliphatic heterocycles. The molecule has 1 amide bonds. The van der Waals surface area contributed by atoms with E-state index in [0.717, 1.165) is 36.6 Å². The van der Waals surface area contributed by atoms with Gasteiger partial charge < -0.3 is 9.88 Å². The van der Waals surface area contributed by atoms with Gasteiger partial charge in [0.25, 0.3) is 5.91 Å². The van der Waals surface area contributed by atoms with Gasteiger partial charge in [0.05, 0.1) is 40.4 Å². The number of hydrogen-bond acceptors (Lipinski definition) is 4. The molecule has 1 fully saturated rings. The number of nitrogens with one attached hydrogen (secondary N) is 2. The number of nitrogens with zero attached hydrogens (tertiary/aromatic N) is 2. The second-order valence-corrected chi connectivity index (χ2v) is 9.80. The van der Waals surface area contributed by atoms with Crippen LogP contribution in [-0.4, -0.2) is 27.9 Å². The van der Waals surface area contributed by atoms with E-state index in [-0.39, 0.29) is 16.8 Å². The Kier molecular flexibility index (Phi) is 8.11. The summed E-state index contributed by atoms with van der Waals surface area (Å²) in [6, 6.07) is 6.81. The van der Waals surface area contributed by atoms with Gasteiger partial charge >= 0.3 is 0 Å². The largest absolute Gasteiger partial charge is 0.351 e. The van der Waals surface area contributed by atoms with E-state index < -0.39 is 11.7 Å². The Morgan fingerprint density at radius 2 is 2.09 bits per heavy atom. The van der Waals surface area contributed by atoms with Crippen molar-refractivity contribution in [2.24, 2.45) is 5.92 Å². The lowest BCUT2D eigenvalue weighted by molar-refractivity contribution is 0.0271. The summed E-state index contributed by atoms with van der Waals surface area (Å²) in [5, 5.41) is 3.36. The Hall–Kier alpha value is -1.87. The standard InChI is InChI=1S/C23H24BrCl2FN4O2/c24-15-6-7-18(17(26)10-15)29-21-16(23(32)30-33-12-14-4-5-14)11-19-22(20(21)27)28-13-31(19)9-3-1-2-8-25/h6-7,10-11,13-14,29H,1-5,8-9,12H2,(H,30,32). The Balaban J connectivity index is 1.68. The first-order chi connectivity index (χ1) is 16.0. The third-order valence-electron chi connectivity index (χ3n) is 5.50. The number of imidazole rings is 1. The molecule has 176 valence electrons. The highest BCUT2D eigenvalue weighted by molar-refractivity contribution is 9.10. The summed E-state index contributed by atoms with van der Waals surface area (Å²) in [6.07, 6.45) is 6.52. The maximum atomic E-state index is 15.7. The van der Waals surface area contributed by atoms with E-state index in [9.17, 15) is 4.79 Å². The van der Waals surface area contributed by atoms with Crippen LogP contribution in [0.1, 0.15) is 42.5 Å². The molecule has 2 aromatic carbocycles. The lowest BCUT2D eigenvalue weighted by Gasteiger charge is -2.16. The Morgan fingerprint density at radius 1 is 1.27 bits per heavy atom. The molecular formula is C23H24BrCl2FN4O2. The highest BCUT2D eigenvalue weighted by Gasteiger charge is 2.25. The fourth-order valence-corrected chi connectivity index (χ4v) is 4.39. The lowest BCUT2D eigenvalue weighted by atomic mass is 10.1. The summed E-state index contributed by atoms with van der Waals surface area (Å²) in [5.41, 5.74) is 3.74. The first kappa shape index (κ1) is 24.3. The van der Waals surface area contributed by atoms with Crippen LogP contribution in [0, 0.1) is 11.7 Å². The Morgan fingerprint density at radius 3 is 2.82 bits per heavy atom. The number of alkyl halides is 1. The molecule has 0 saturated heterocycles. The second-order valence-electron chi connectivity index (χ2n) is 8.10. The molecule has 1 saturated carbocycles. The lowest BCUT2D eigenvalue weighted by Crippen LogP contribution is -2.26. The number of unbranched alkanes of at least 4 members (excludes halogenated alkanes) is 2. The molecule has 4 rings (SSSR count). The summed E-state index contributed by atoms with van der Waals surface area (Å²) < 4.78 is 18.3. The summed E-state index contributed by atoms with van der Waals surface area (Å²) in [6.45, 7) is 1.09. The SMILES string of the molecule is O=C(NOCC1CC1)c1cc2c(ncn2CCCCCCl)c(F)c1Nc1ccc(Br)cc1Cl. The minimum Gasteiger partial charge on any atom is -0.351 e. The number of rotatable bonds is 11. The Bertz CT molecular complexity index is 1150. The van der Waals surface area contributed by atoms with Gasteiger partial charge in [-0.1, -0.05) is 34.0 Å². The molecule has 33 heavy (non-hydrogen) atoms. The van der Waals surface area contributed by atoms with Gasteiger partial charge in [-0.3, -0.25) is 9.63 Å². The van der Waals surface area contributed by atoms with Crippen LogP contribution in [-0.2, 0) is 11.4 Å². The number of carbonyl (C=O) groups excluding carboxylic acids is 1. The molecule has 0 bridgehead atoms. The summed E-state index contributed by atoms with van der Waals surface area (Å²) in [5.74, 6) is -0.0866. The van der Waals surface area contributed by atoms with E-state index in [1.165, 1.54) is 0 Å². The molecule has 0 spiro atoms. The van der Waals surface area contributed by atoms with Crippen LogP contribution in [0.2, 0.25) is 5.02 Å². The third-order valence-corrected chi connectivity index (χ3v) is 6.58. The number of hydrogen-bond donors (Lipinski definition) is 2. The van der Waals surface area contributed by atoms with E-state index in [1.54, 1.807) is 30.6 Å². The van der Waals surface area contributed by atoms with Crippen LogP contribution in [0.4, 0.5) is 15.8 Å². The van der Waals surface area contributed by atoms with Crippen LogP contribution in [0.15, 0.2) is 35.1 Å². The number of halogens is 4. The average molecular weight is 558 g/mol. The number of benzene rings is 2. The highest BCUT2D eigenvalue weighted by Crippen LogP contribution is 2.34. The van der Waals surface area contributed by atoms with Gasteiger partial charge in [-0.15, -0.1) is 11.6 Å². The van der Waals surface area contributed by atoms with Gasteiger partial charge in [0.15, 0.2) is 5.82 Å². The van der Waals surface area contributed by atoms with E-state index >= 15 is 4.39 Å². The minimum atomic E-state index is -0.627. The number of anilines is 2. The summed E-state index contributed by atoms with van der Waals surface area (Å²) in [4.78, 5) is 22.6. The van der Waals surface area contributed by atoms with Gasteiger partial charge in [0, 0.05) is 16.9 Å². The van der Waals surface area contributed by atoms with Gasteiger partial charge in [-0.2, -0.15) is 0 Å². The van der Waals surface area contributed by atoms with Crippen LogP contribution in [0.25, 0.3) is 11.0 Å². The molecule has 0 atom stereocenters. The molecule has 1 aliphatic carbocycles. The van der Waals surface area contributed by atoms with E-state index in [0.29, 0.717) is 41.2 Å². The van der Waals surface area contributed by atoms with Gasteiger partial charge in [0.1, 0.15) is 5.52 Å². The Labute approximate surface area is 209 Å². The molecule has 3 aromatic rings. The van der Waals surface area contributed by atoms with Crippen molar-refractivity contribution in [3.63, 3.8) is 0 Å². The number of amides is 1. The molecular weight excluding hydrogens is 534 g/mol. The van der Waals surface area contributed by atoms with E-state index in [2.05, 4.69) is 31.7 Å². The van der Waals surface area contributed by atoms with Gasteiger partial charge in [-0.05, 0) is 55.9 Å². The van der Waals surface area contributed by atoms with Crippen molar-refractivity contribution in [2.45, 2.75) is 38.6 Å². The fourth-order valence-electron chi connectivity index (χ4n) is 3.48. The number of carbonyl (C=O) groups is 1. The predicted octanol–water partition coefficient (Wildman–Crippen LogP) is 6.82. The maximum absolute atomic E-state index is 15.7. The quantitative estimate of drug-likeness (QED) is 0.154. The molecule has 2 N–H and O–H groups in total. The third kappa shape index (κ3) is 5.98. The zero-order valence-corrected chi connectivity index (χ0v) is 20.9. The molecule has 1 aliphatic rings. The van der Waals surface area contributed by atoms with Crippen molar-refractivity contribution >= 4 is 67.4 Å². The average Bonchev–Trinajstić information content (AvgIpc) is 3.52. The van der Waals surface area contributed by atoms with Crippen molar-refractivity contribution in [1.82, 2.24) is 15.0 Å². The first-order valence-corrected chi connectivity index (χ1v) is 12.6. The van der Waals surface area contributed by atoms with Crippen molar-refractivity contribution < 1.29 is 14.0 Å². The van der Waals surface area contributed by atoms with Crippen molar-refractivity contribution in [1.29, 1.82) is 0 Å². The molecule has 1 aromatic heterocycles. The zero-order chi connectivity index (χ0) is 23.4. The fraction of sp³-hybridized carbons (Fsp3) is 0.391. The topological polar surface area (TPSA) is 68.2 Å². The van der Waals surface area contributed by atoms with E-state index in [4.69, 9.17) is 28.0 Å². The molecule has 0 unspecified atom stereocenters. The van der Waals surface area contributed by atoms with Gasteiger partial charge in [0.2, 0.25) is 0 Å². The van der Waals surface area contributed by atoms with Crippen molar-refractivity contribution in [3.05, 3.63) is 51.5 Å². The number of fused-ring (bicyclic) bond motifs is 1. The van der Waals surface area contributed by atoms with Crippen LogP contribution < -0.4 is 10.8 Å². The number of aryl methyl sites for hydroxylation is 1. The first-order valence-electron chi connectivity index (χ1n) is 10.9. The zero-order valence-electron chi connectivity index (χ0n) is 17.8. The number of aromatic nitrogens is 2. The molecule has 1 heterocycles. The maximum Gasteiger partial charge on any atom is 0.277 e. The summed E-state index contributed by atoms with van der Waals surface area (Å²) >= 11 is 15.4. The predicted molar refractivity (Wildman–Crippen MR) is 133 cm³/mol. The van der Waals surface area contributed by atoms with Crippen molar-refractivity contribution in [3.8, 4) is 0 Å². The minimum absolute atomic E-state index is 0.00775. The summed E-state index contributed by atoms with van der Waals surface area (Å²) in [7, 11) is 0. The van der Waals surface area contributed by atoms with Crippen LogP contribution in [0.5, 0.6) is 0 Å². The van der Waals surface area contributed by atoms with Crippen LogP contribution in [0.3, 0.4) is 0 Å². The monoisotopic (exact) mass is 556 g/mol. The molecule has 6 nitrogen and oxygen atoms in total. The normalized spacial score (nSPS) is 13.5. The van der Waals surface area contributed by atoms with Gasteiger partial charge in [-0.25, -0.2) is 14.9 Å². The molecule has 10 heteroatoms. The second kappa shape index (κ2) is 11.0. The molecule has 0 radical (unpaired) electrons. The van der Waals surface area contributed by atoms with Crippen molar-refractivity contribution in [2.75, 3.05) is 17.8 Å². The number of hydroxylamine groups is 1. The highest BCUT2D eigenvalue weighted by atomic mass is 79.9. The smallest absolute Gasteiger partial charge is 0.277 e.